The smallest absolute Gasteiger partial charge is 0.466 e. The second-order valence-corrected chi connectivity index (χ2v) is 9.30. The van der Waals surface area contributed by atoms with Crippen molar-refractivity contribution in [2.45, 2.75) is 11.4 Å². The van der Waals surface area contributed by atoms with E-state index in [1.54, 1.807) is 7.05 Å². The largest absolute Gasteiger partial charge is 0.494 e. The molecule has 0 fully saturated rings. The van der Waals surface area contributed by atoms with Gasteiger partial charge in [-0.05, 0) is 37.4 Å². The summed E-state index contributed by atoms with van der Waals surface area (Å²) < 4.78 is 82.9. The van der Waals surface area contributed by atoms with Crippen LogP contribution in [0.2, 0.25) is 0 Å². The molecule has 2 aromatic carbocycles. The number of rotatable bonds is 6. The van der Waals surface area contributed by atoms with Gasteiger partial charge >= 0.3 is 7.82 Å². The van der Waals surface area contributed by atoms with Crippen molar-refractivity contribution >= 4 is 17.8 Å². The highest BCUT2D eigenvalue weighted by Gasteiger charge is 2.28. The molecule has 1 aromatic heterocycles. The van der Waals surface area contributed by atoms with Crippen LogP contribution in [0.3, 0.4) is 0 Å². The highest BCUT2D eigenvalue weighted by molar-refractivity contribution is 7.90. The maximum Gasteiger partial charge on any atom is 0.466 e. The Labute approximate surface area is 187 Å². The predicted octanol–water partition coefficient (Wildman–Crippen LogP) is 2.61. The molecule has 9 nitrogen and oxygen atoms in total. The number of nitrogens with one attached hydrogen (secondary N) is 1. The second-order valence-electron chi connectivity index (χ2n) is 6.46. The van der Waals surface area contributed by atoms with Crippen LogP contribution in [0.15, 0.2) is 53.6 Å². The quantitative estimate of drug-likeness (QED) is 0.373. The first-order valence-corrected chi connectivity index (χ1v) is 12.0. The van der Waals surface area contributed by atoms with Crippen LogP contribution in [0.5, 0.6) is 5.75 Å². The fraction of sp³-hybridized carbons (Fsp3) is 0.158. The third-order valence-electron chi connectivity index (χ3n) is 4.11. The number of halogens is 3. The van der Waals surface area contributed by atoms with E-state index in [1.807, 2.05) is 0 Å². The summed E-state index contributed by atoms with van der Waals surface area (Å²) in [6.07, 6.45) is 1.27. The Morgan fingerprint density at radius 1 is 1.06 bits per heavy atom. The summed E-state index contributed by atoms with van der Waals surface area (Å²) in [6.45, 7) is 0.227. The van der Waals surface area contributed by atoms with E-state index in [0.717, 1.165) is 28.2 Å². The highest BCUT2D eigenvalue weighted by atomic mass is 32.2. The zero-order valence-electron chi connectivity index (χ0n) is 17.2. The Bertz CT molecular complexity index is 1280. The van der Waals surface area contributed by atoms with Gasteiger partial charge in [-0.25, -0.2) is 30.1 Å². The number of aromatic nitrogens is 1. The van der Waals surface area contributed by atoms with E-state index in [4.69, 9.17) is 24.0 Å². The van der Waals surface area contributed by atoms with Gasteiger partial charge < -0.3 is 24.7 Å². The molecule has 0 radical (unpaired) electrons. The van der Waals surface area contributed by atoms with Gasteiger partial charge in [0, 0.05) is 29.9 Å². The first kappa shape index (κ1) is 26.6. The first-order valence-electron chi connectivity index (χ1n) is 8.97. The van der Waals surface area contributed by atoms with E-state index in [-0.39, 0.29) is 28.4 Å². The number of benzene rings is 2. The third kappa shape index (κ3) is 6.67. The van der Waals surface area contributed by atoms with Crippen LogP contribution in [0.25, 0.3) is 11.3 Å². The zero-order chi connectivity index (χ0) is 25.0. The molecule has 180 valence electrons. The Morgan fingerprint density at radius 3 is 2.18 bits per heavy atom. The molecule has 0 aliphatic rings. The van der Waals surface area contributed by atoms with E-state index in [1.165, 1.54) is 25.4 Å². The monoisotopic (exact) mass is 508 g/mol. The summed E-state index contributed by atoms with van der Waals surface area (Å²) in [5.74, 6) is -2.38. The molecule has 0 saturated carbocycles. The number of ether oxygens (including phenoxy) is 1. The van der Waals surface area contributed by atoms with Crippen molar-refractivity contribution in [2.24, 2.45) is 0 Å². The molecule has 0 aliphatic carbocycles. The average molecular weight is 508 g/mol. The van der Waals surface area contributed by atoms with Gasteiger partial charge in [0.2, 0.25) is 0 Å². The molecule has 3 rings (SSSR count). The molecule has 0 spiro atoms. The number of hydrogen-bond donors (Lipinski definition) is 4. The van der Waals surface area contributed by atoms with Crippen molar-refractivity contribution in [3.63, 3.8) is 0 Å². The maximum absolute atomic E-state index is 14.5. The standard InChI is InChI=1S/C19H17F3N2O3S.H3O4P/c1-23-10-12-11-24(28(25,26)15-5-3-4-13(20)8-15)18(19(12)27-2)16-7-6-14(21)9-17(16)22;1-5(2,3)4/h3-9,11,23H,10H2,1-2H3;(H3,1,2,3,4). The van der Waals surface area contributed by atoms with Gasteiger partial charge in [-0.3, -0.25) is 0 Å². The maximum atomic E-state index is 14.5. The van der Waals surface area contributed by atoms with E-state index in [2.05, 4.69) is 5.32 Å². The lowest BCUT2D eigenvalue weighted by Crippen LogP contribution is -2.14. The van der Waals surface area contributed by atoms with Gasteiger partial charge in [-0.1, -0.05) is 6.07 Å². The van der Waals surface area contributed by atoms with Gasteiger partial charge in [0.25, 0.3) is 10.0 Å². The van der Waals surface area contributed by atoms with E-state index in [0.29, 0.717) is 11.6 Å². The molecule has 0 amide bonds. The summed E-state index contributed by atoms with van der Waals surface area (Å²) in [7, 11) is -5.96. The zero-order valence-corrected chi connectivity index (χ0v) is 18.9. The van der Waals surface area contributed by atoms with E-state index < -0.39 is 35.3 Å². The van der Waals surface area contributed by atoms with Gasteiger partial charge in [-0.2, -0.15) is 0 Å². The van der Waals surface area contributed by atoms with Crippen molar-refractivity contribution in [1.29, 1.82) is 0 Å². The number of phosphoric acid groups is 1. The van der Waals surface area contributed by atoms with Gasteiger partial charge in [0.05, 0.1) is 12.0 Å². The topological polar surface area (TPSA) is 138 Å². The van der Waals surface area contributed by atoms with Crippen LogP contribution in [0.4, 0.5) is 13.2 Å². The summed E-state index contributed by atoms with van der Waals surface area (Å²) >= 11 is 0. The van der Waals surface area contributed by atoms with Crippen LogP contribution >= 0.6 is 7.82 Å². The van der Waals surface area contributed by atoms with Gasteiger partial charge in [-0.15, -0.1) is 0 Å². The van der Waals surface area contributed by atoms with Crippen molar-refractivity contribution < 1.29 is 45.6 Å². The summed E-state index contributed by atoms with van der Waals surface area (Å²) in [4.78, 5) is 21.2. The average Bonchev–Trinajstić information content (AvgIpc) is 3.06. The molecule has 14 heteroatoms. The summed E-state index contributed by atoms with van der Waals surface area (Å²) in [5.41, 5.74) is 0.152. The number of hydrogen-bond acceptors (Lipinski definition) is 5. The van der Waals surface area contributed by atoms with Crippen molar-refractivity contribution in [3.8, 4) is 17.0 Å². The van der Waals surface area contributed by atoms with Crippen LogP contribution in [0.1, 0.15) is 5.56 Å². The van der Waals surface area contributed by atoms with Crippen LogP contribution in [-0.4, -0.2) is 41.2 Å². The van der Waals surface area contributed by atoms with Crippen molar-refractivity contribution in [3.05, 3.63) is 71.7 Å². The fourth-order valence-electron chi connectivity index (χ4n) is 2.91. The molecular formula is C19H20F3N2O7PS. The van der Waals surface area contributed by atoms with Crippen molar-refractivity contribution in [1.82, 2.24) is 9.29 Å². The predicted molar refractivity (Wildman–Crippen MR) is 112 cm³/mol. The van der Waals surface area contributed by atoms with Crippen LogP contribution in [0, 0.1) is 17.5 Å². The van der Waals surface area contributed by atoms with Crippen LogP contribution in [-0.2, 0) is 21.1 Å². The summed E-state index contributed by atoms with van der Waals surface area (Å²) in [5, 5.41) is 2.87. The SMILES string of the molecule is CNCc1cn(S(=O)(=O)c2cccc(F)c2)c(-c2ccc(F)cc2F)c1OC.O=P(O)(O)O. The Morgan fingerprint density at radius 2 is 1.67 bits per heavy atom. The highest BCUT2D eigenvalue weighted by Crippen LogP contribution is 2.39. The minimum absolute atomic E-state index is 0.111. The molecule has 4 N–H and O–H groups in total. The molecule has 1 heterocycles. The Balaban J connectivity index is 0.000000696. The molecule has 0 aliphatic heterocycles. The Hall–Kier alpha value is -2.67. The van der Waals surface area contributed by atoms with Crippen molar-refractivity contribution in [2.75, 3.05) is 14.2 Å². The fourth-order valence-corrected chi connectivity index (χ4v) is 4.34. The molecular weight excluding hydrogens is 488 g/mol. The number of methoxy groups -OCH3 is 1. The first-order chi connectivity index (χ1) is 15.3. The minimum Gasteiger partial charge on any atom is -0.494 e. The molecule has 0 unspecified atom stereocenters. The molecule has 3 aromatic rings. The normalized spacial score (nSPS) is 11.6. The van der Waals surface area contributed by atoms with Gasteiger partial charge in [0.1, 0.15) is 28.9 Å². The number of nitrogens with zero attached hydrogens (tertiary/aromatic N) is 1. The lowest BCUT2D eigenvalue weighted by Gasteiger charge is -2.13. The lowest BCUT2D eigenvalue weighted by molar-refractivity contribution is 0.275. The van der Waals surface area contributed by atoms with Gasteiger partial charge in [0.15, 0.2) is 0 Å². The van der Waals surface area contributed by atoms with Crippen LogP contribution < -0.4 is 10.1 Å². The van der Waals surface area contributed by atoms with E-state index in [9.17, 15) is 21.6 Å². The second kappa shape index (κ2) is 10.5. The third-order valence-corrected chi connectivity index (χ3v) is 5.77. The molecule has 0 bridgehead atoms. The lowest BCUT2D eigenvalue weighted by atomic mass is 10.1. The molecule has 0 saturated heterocycles. The molecule has 33 heavy (non-hydrogen) atoms. The Kier molecular flexibility index (Phi) is 8.46. The minimum atomic E-state index is -4.64. The molecule has 0 atom stereocenters. The summed E-state index contributed by atoms with van der Waals surface area (Å²) in [6, 6.07) is 7.26. The van der Waals surface area contributed by atoms with E-state index >= 15 is 0 Å².